The lowest BCUT2D eigenvalue weighted by Gasteiger charge is -2.31. The third kappa shape index (κ3) is 3.40. The summed E-state index contributed by atoms with van der Waals surface area (Å²) in [4.78, 5) is 14.7. The van der Waals surface area contributed by atoms with Gasteiger partial charge in [0.1, 0.15) is 0 Å². The Morgan fingerprint density at radius 1 is 1.32 bits per heavy atom. The van der Waals surface area contributed by atoms with Crippen molar-refractivity contribution in [1.82, 2.24) is 0 Å². The van der Waals surface area contributed by atoms with E-state index in [2.05, 4.69) is 5.32 Å². The molecule has 0 amide bonds. The van der Waals surface area contributed by atoms with Gasteiger partial charge in [-0.1, -0.05) is 6.07 Å². The summed E-state index contributed by atoms with van der Waals surface area (Å²) in [6.07, 6.45) is 0. The van der Waals surface area contributed by atoms with Gasteiger partial charge in [0, 0.05) is 41.4 Å². The molecule has 1 saturated heterocycles. The fraction of sp³-hybridized carbons (Fsp3) is 0.312. The lowest BCUT2D eigenvalue weighted by atomic mass is 10.1. The summed E-state index contributed by atoms with van der Waals surface area (Å²) in [5.74, 6) is -1.15. The minimum Gasteiger partial charge on any atom is -0.545 e. The van der Waals surface area contributed by atoms with Crippen molar-refractivity contribution in [3.05, 3.63) is 46.2 Å². The quantitative estimate of drug-likeness (QED) is 0.906. The zero-order chi connectivity index (χ0) is 15.4. The van der Waals surface area contributed by atoms with Crippen LogP contribution in [0.3, 0.4) is 0 Å². The Morgan fingerprint density at radius 3 is 2.82 bits per heavy atom. The molecule has 1 fully saturated rings. The Morgan fingerprint density at radius 2 is 2.14 bits per heavy atom. The van der Waals surface area contributed by atoms with E-state index in [-0.39, 0.29) is 5.56 Å². The largest absolute Gasteiger partial charge is 0.545 e. The van der Waals surface area contributed by atoms with Crippen molar-refractivity contribution >= 4 is 28.7 Å². The second kappa shape index (κ2) is 6.81. The van der Waals surface area contributed by atoms with Gasteiger partial charge in [-0.3, -0.25) is 0 Å². The van der Waals surface area contributed by atoms with E-state index < -0.39 is 5.97 Å². The molecule has 6 heteroatoms. The van der Waals surface area contributed by atoms with E-state index in [1.165, 1.54) is 4.88 Å². The maximum Gasteiger partial charge on any atom is 0.0736 e. The standard InChI is InChI=1S/C16H18N2O3S/c19-16(20)14-10-12(17-11-13-2-1-9-22-13)3-4-15(14)18-5-7-21-8-6-18/h1-4,9-10,17H,5-8,11H2,(H,19,20)/p-1. The molecule has 5 nitrogen and oxygen atoms in total. The zero-order valence-corrected chi connectivity index (χ0v) is 12.9. The number of nitrogens with one attached hydrogen (secondary N) is 1. The summed E-state index contributed by atoms with van der Waals surface area (Å²) in [6, 6.07) is 9.43. The summed E-state index contributed by atoms with van der Waals surface area (Å²) < 4.78 is 5.31. The molecule has 116 valence electrons. The van der Waals surface area contributed by atoms with Crippen LogP contribution in [0.4, 0.5) is 11.4 Å². The van der Waals surface area contributed by atoms with Crippen LogP contribution >= 0.6 is 11.3 Å². The first-order valence-corrected chi connectivity index (χ1v) is 8.06. The Balaban J connectivity index is 1.78. The van der Waals surface area contributed by atoms with Crippen LogP contribution in [0, 0.1) is 0 Å². The van der Waals surface area contributed by atoms with Crippen molar-refractivity contribution in [2.75, 3.05) is 36.5 Å². The van der Waals surface area contributed by atoms with Crippen LogP contribution in [-0.4, -0.2) is 32.3 Å². The molecule has 1 aliphatic heterocycles. The number of hydrogen-bond acceptors (Lipinski definition) is 6. The molecule has 22 heavy (non-hydrogen) atoms. The highest BCUT2D eigenvalue weighted by Gasteiger charge is 2.15. The lowest BCUT2D eigenvalue weighted by Crippen LogP contribution is -2.38. The van der Waals surface area contributed by atoms with Gasteiger partial charge in [0.25, 0.3) is 0 Å². The zero-order valence-electron chi connectivity index (χ0n) is 12.1. The number of aromatic carboxylic acids is 1. The maximum absolute atomic E-state index is 11.5. The number of morpholine rings is 1. The first-order valence-electron chi connectivity index (χ1n) is 7.18. The number of carboxylic acids is 1. The van der Waals surface area contributed by atoms with Gasteiger partial charge in [0.2, 0.25) is 0 Å². The van der Waals surface area contributed by atoms with E-state index in [4.69, 9.17) is 4.74 Å². The van der Waals surface area contributed by atoms with Crippen LogP contribution in [0.5, 0.6) is 0 Å². The molecule has 1 aromatic heterocycles. The second-order valence-corrected chi connectivity index (χ2v) is 6.08. The molecular formula is C16H17N2O3S-. The predicted octanol–water partition coefficient (Wildman–Crippen LogP) is 1.56. The van der Waals surface area contributed by atoms with Crippen molar-refractivity contribution in [3.8, 4) is 0 Å². The van der Waals surface area contributed by atoms with Crippen molar-refractivity contribution in [2.45, 2.75) is 6.54 Å². The van der Waals surface area contributed by atoms with Gasteiger partial charge in [-0.05, 0) is 29.6 Å². The lowest BCUT2D eigenvalue weighted by molar-refractivity contribution is -0.254. The number of nitrogens with zero attached hydrogens (tertiary/aromatic N) is 1. The number of carbonyl (C=O) groups excluding carboxylic acids is 1. The van der Waals surface area contributed by atoms with Crippen molar-refractivity contribution in [2.24, 2.45) is 0 Å². The molecule has 0 aliphatic carbocycles. The van der Waals surface area contributed by atoms with E-state index in [0.29, 0.717) is 38.5 Å². The predicted molar refractivity (Wildman–Crippen MR) is 85.5 cm³/mol. The van der Waals surface area contributed by atoms with Crippen LogP contribution in [-0.2, 0) is 11.3 Å². The minimum absolute atomic E-state index is 0.220. The Bertz CT molecular complexity index is 637. The Kier molecular flexibility index (Phi) is 4.60. The molecule has 0 unspecified atom stereocenters. The topological polar surface area (TPSA) is 64.6 Å². The third-order valence-corrected chi connectivity index (χ3v) is 4.49. The molecule has 1 aromatic carbocycles. The number of hydrogen-bond donors (Lipinski definition) is 1. The first-order chi connectivity index (χ1) is 10.7. The molecule has 1 N–H and O–H groups in total. The molecule has 0 saturated carbocycles. The Hall–Kier alpha value is -2.05. The average molecular weight is 317 g/mol. The number of ether oxygens (including phenoxy) is 1. The van der Waals surface area contributed by atoms with E-state index in [1.807, 2.05) is 34.5 Å². The number of benzene rings is 1. The summed E-state index contributed by atoms with van der Waals surface area (Å²) in [7, 11) is 0. The maximum atomic E-state index is 11.5. The molecule has 3 rings (SSSR count). The molecule has 0 bridgehead atoms. The highest BCUT2D eigenvalue weighted by atomic mass is 32.1. The number of rotatable bonds is 5. The van der Waals surface area contributed by atoms with E-state index in [0.717, 1.165) is 5.69 Å². The van der Waals surface area contributed by atoms with Crippen LogP contribution in [0.25, 0.3) is 0 Å². The number of anilines is 2. The summed E-state index contributed by atoms with van der Waals surface area (Å²) in [6.45, 7) is 3.31. The SMILES string of the molecule is O=C([O-])c1cc(NCc2cccs2)ccc1N1CCOCC1. The van der Waals surface area contributed by atoms with E-state index >= 15 is 0 Å². The number of carbonyl (C=O) groups is 1. The molecule has 0 spiro atoms. The van der Waals surface area contributed by atoms with Crippen molar-refractivity contribution in [1.29, 1.82) is 0 Å². The van der Waals surface area contributed by atoms with Gasteiger partial charge >= 0.3 is 0 Å². The monoisotopic (exact) mass is 317 g/mol. The molecule has 2 heterocycles. The third-order valence-electron chi connectivity index (χ3n) is 3.62. The van der Waals surface area contributed by atoms with Crippen LogP contribution in [0.15, 0.2) is 35.7 Å². The van der Waals surface area contributed by atoms with Gasteiger partial charge in [-0.2, -0.15) is 0 Å². The number of carboxylic acid groups (broad SMARTS) is 1. The fourth-order valence-electron chi connectivity index (χ4n) is 2.49. The Labute approximate surface area is 133 Å². The van der Waals surface area contributed by atoms with Crippen molar-refractivity contribution in [3.63, 3.8) is 0 Å². The van der Waals surface area contributed by atoms with Crippen LogP contribution < -0.4 is 15.3 Å². The average Bonchev–Trinajstić information content (AvgIpc) is 3.07. The molecule has 0 radical (unpaired) electrons. The molecule has 1 aliphatic rings. The smallest absolute Gasteiger partial charge is 0.0736 e. The highest BCUT2D eigenvalue weighted by Crippen LogP contribution is 2.25. The van der Waals surface area contributed by atoms with Gasteiger partial charge < -0.3 is 24.9 Å². The molecule has 2 aromatic rings. The van der Waals surface area contributed by atoms with Crippen molar-refractivity contribution < 1.29 is 14.6 Å². The summed E-state index contributed by atoms with van der Waals surface area (Å²) in [5.41, 5.74) is 1.70. The van der Waals surface area contributed by atoms with Gasteiger partial charge in [-0.25, -0.2) is 0 Å². The minimum atomic E-state index is -1.15. The highest BCUT2D eigenvalue weighted by molar-refractivity contribution is 7.09. The van der Waals surface area contributed by atoms with Gasteiger partial charge in [0.05, 0.1) is 19.2 Å². The van der Waals surface area contributed by atoms with Crippen LogP contribution in [0.2, 0.25) is 0 Å². The van der Waals surface area contributed by atoms with E-state index in [9.17, 15) is 9.90 Å². The molecular weight excluding hydrogens is 300 g/mol. The summed E-state index contributed by atoms with van der Waals surface area (Å²) in [5, 5.41) is 16.7. The van der Waals surface area contributed by atoms with E-state index in [1.54, 1.807) is 17.4 Å². The van der Waals surface area contributed by atoms with Gasteiger partial charge in [0.15, 0.2) is 0 Å². The fourth-order valence-corrected chi connectivity index (χ4v) is 3.14. The second-order valence-electron chi connectivity index (χ2n) is 5.05. The van der Waals surface area contributed by atoms with Gasteiger partial charge in [-0.15, -0.1) is 11.3 Å². The summed E-state index contributed by atoms with van der Waals surface area (Å²) >= 11 is 1.67. The number of thiophene rings is 1. The van der Waals surface area contributed by atoms with Crippen LogP contribution in [0.1, 0.15) is 15.2 Å². The normalized spacial score (nSPS) is 14.8. The molecule has 0 atom stereocenters. The first kappa shape index (κ1) is 14.9.